The van der Waals surface area contributed by atoms with Crippen LogP contribution in [-0.2, 0) is 26.2 Å². The Kier molecular flexibility index (Phi) is 4.11. The first kappa shape index (κ1) is 15.9. The van der Waals surface area contributed by atoms with E-state index in [0.717, 1.165) is 11.1 Å². The van der Waals surface area contributed by atoms with E-state index in [0.29, 0.717) is 19.5 Å². The lowest BCUT2D eigenvalue weighted by atomic mass is 9.90. The van der Waals surface area contributed by atoms with Crippen molar-refractivity contribution < 1.29 is 23.1 Å². The Labute approximate surface area is 134 Å². The van der Waals surface area contributed by atoms with Crippen LogP contribution < -0.4 is 0 Å². The highest BCUT2D eigenvalue weighted by atomic mass is 32.2. The SMILES string of the molecule is O=C(O)[C@@H]1CN(C(=O)CN2CCCS2(=O)=O)Cc2ccccc21. The topological polar surface area (TPSA) is 95.0 Å². The van der Waals surface area contributed by atoms with Crippen molar-refractivity contribution in [2.24, 2.45) is 0 Å². The molecule has 0 aliphatic carbocycles. The van der Waals surface area contributed by atoms with Gasteiger partial charge >= 0.3 is 5.97 Å². The van der Waals surface area contributed by atoms with Crippen molar-refractivity contribution in [2.45, 2.75) is 18.9 Å². The first-order valence-electron chi connectivity index (χ1n) is 7.45. The minimum atomic E-state index is -3.34. The van der Waals surface area contributed by atoms with E-state index in [-0.39, 0.29) is 24.7 Å². The Morgan fingerprint density at radius 2 is 2.00 bits per heavy atom. The van der Waals surface area contributed by atoms with E-state index in [1.54, 1.807) is 24.3 Å². The molecule has 0 radical (unpaired) electrons. The molecule has 0 unspecified atom stereocenters. The molecule has 1 saturated heterocycles. The van der Waals surface area contributed by atoms with Gasteiger partial charge in [-0.05, 0) is 17.5 Å². The molecule has 1 amide bonds. The van der Waals surface area contributed by atoms with Crippen LogP contribution >= 0.6 is 0 Å². The van der Waals surface area contributed by atoms with Crippen molar-refractivity contribution >= 4 is 21.9 Å². The molecule has 1 atom stereocenters. The Morgan fingerprint density at radius 1 is 1.26 bits per heavy atom. The lowest BCUT2D eigenvalue weighted by Crippen LogP contribution is -2.45. The zero-order chi connectivity index (χ0) is 16.6. The first-order valence-corrected chi connectivity index (χ1v) is 9.05. The molecule has 0 bridgehead atoms. The molecule has 1 aromatic carbocycles. The number of rotatable bonds is 3. The van der Waals surface area contributed by atoms with Gasteiger partial charge in [0.1, 0.15) is 0 Å². The summed E-state index contributed by atoms with van der Waals surface area (Å²) >= 11 is 0. The van der Waals surface area contributed by atoms with Gasteiger partial charge in [-0.25, -0.2) is 8.42 Å². The number of benzene rings is 1. The second kappa shape index (κ2) is 5.93. The maximum Gasteiger partial charge on any atom is 0.312 e. The zero-order valence-corrected chi connectivity index (χ0v) is 13.3. The average molecular weight is 338 g/mol. The summed E-state index contributed by atoms with van der Waals surface area (Å²) in [5, 5.41) is 9.41. The number of carboxylic acids is 1. The standard InChI is InChI=1S/C15H18N2O5S/c18-14(10-17-6-3-7-23(17,21)22)16-8-11-4-1-2-5-12(11)13(9-16)15(19)20/h1-2,4-5,13H,3,6-10H2,(H,19,20)/t13-/m1/s1. The summed E-state index contributed by atoms with van der Waals surface area (Å²) in [6, 6.07) is 7.15. The molecule has 0 saturated carbocycles. The van der Waals surface area contributed by atoms with Gasteiger partial charge in [0.2, 0.25) is 15.9 Å². The predicted octanol–water partition coefficient (Wildman–Crippen LogP) is 0.233. The highest BCUT2D eigenvalue weighted by molar-refractivity contribution is 7.89. The smallest absolute Gasteiger partial charge is 0.312 e. The van der Waals surface area contributed by atoms with Crippen molar-refractivity contribution in [3.05, 3.63) is 35.4 Å². The van der Waals surface area contributed by atoms with Crippen LogP contribution in [0.15, 0.2) is 24.3 Å². The molecule has 1 N–H and O–H groups in total. The third-order valence-electron chi connectivity index (χ3n) is 4.36. The minimum absolute atomic E-state index is 0.0685. The number of nitrogens with zero attached hydrogens (tertiary/aromatic N) is 2. The fourth-order valence-electron chi connectivity index (χ4n) is 3.13. The van der Waals surface area contributed by atoms with Gasteiger partial charge in [0, 0.05) is 19.6 Å². The van der Waals surface area contributed by atoms with E-state index >= 15 is 0 Å². The van der Waals surface area contributed by atoms with Crippen LogP contribution in [0.3, 0.4) is 0 Å². The lowest BCUT2D eigenvalue weighted by molar-refractivity contribution is -0.141. The summed E-state index contributed by atoms with van der Waals surface area (Å²) in [6.07, 6.45) is 0.524. The number of hydrogen-bond donors (Lipinski definition) is 1. The molecule has 1 aromatic rings. The van der Waals surface area contributed by atoms with E-state index < -0.39 is 21.9 Å². The molecule has 23 heavy (non-hydrogen) atoms. The second-order valence-electron chi connectivity index (χ2n) is 5.87. The molecule has 7 nitrogen and oxygen atoms in total. The summed E-state index contributed by atoms with van der Waals surface area (Å²) in [5.74, 6) is -2.04. The first-order chi connectivity index (χ1) is 10.9. The Hall–Kier alpha value is -1.93. The Balaban J connectivity index is 1.79. The van der Waals surface area contributed by atoms with E-state index in [9.17, 15) is 23.1 Å². The number of fused-ring (bicyclic) bond motifs is 1. The number of carbonyl (C=O) groups excluding carboxylic acids is 1. The number of carboxylic acid groups (broad SMARTS) is 1. The number of hydrogen-bond acceptors (Lipinski definition) is 4. The molecule has 0 spiro atoms. The third kappa shape index (κ3) is 3.09. The molecule has 2 aliphatic rings. The van der Waals surface area contributed by atoms with Crippen LogP contribution in [0.2, 0.25) is 0 Å². The number of sulfonamides is 1. The minimum Gasteiger partial charge on any atom is -0.481 e. The number of carbonyl (C=O) groups is 2. The molecule has 2 heterocycles. The summed E-state index contributed by atoms with van der Waals surface area (Å²) in [5.41, 5.74) is 1.52. The van der Waals surface area contributed by atoms with Gasteiger partial charge in [0.05, 0.1) is 18.2 Å². The average Bonchev–Trinajstić information content (AvgIpc) is 2.84. The van der Waals surface area contributed by atoms with Crippen molar-refractivity contribution in [1.82, 2.24) is 9.21 Å². The van der Waals surface area contributed by atoms with Gasteiger partial charge in [-0.2, -0.15) is 4.31 Å². The van der Waals surface area contributed by atoms with Gasteiger partial charge in [-0.15, -0.1) is 0 Å². The van der Waals surface area contributed by atoms with E-state index in [1.165, 1.54) is 9.21 Å². The quantitative estimate of drug-likeness (QED) is 0.851. The van der Waals surface area contributed by atoms with Crippen molar-refractivity contribution in [2.75, 3.05) is 25.4 Å². The van der Waals surface area contributed by atoms with Gasteiger partial charge in [-0.1, -0.05) is 24.3 Å². The lowest BCUT2D eigenvalue weighted by Gasteiger charge is -2.33. The summed E-state index contributed by atoms with van der Waals surface area (Å²) in [4.78, 5) is 25.4. The largest absolute Gasteiger partial charge is 0.481 e. The number of aliphatic carboxylic acids is 1. The maximum absolute atomic E-state index is 12.4. The van der Waals surface area contributed by atoms with Gasteiger partial charge in [0.15, 0.2) is 0 Å². The van der Waals surface area contributed by atoms with Crippen LogP contribution in [-0.4, -0.2) is 60.0 Å². The van der Waals surface area contributed by atoms with E-state index in [2.05, 4.69) is 0 Å². The third-order valence-corrected chi connectivity index (χ3v) is 6.26. The van der Waals surface area contributed by atoms with Crippen LogP contribution in [0.1, 0.15) is 23.5 Å². The van der Waals surface area contributed by atoms with Crippen LogP contribution in [0.5, 0.6) is 0 Å². The normalized spacial score (nSPS) is 23.5. The van der Waals surface area contributed by atoms with Crippen LogP contribution in [0.4, 0.5) is 0 Å². The Bertz CT molecular complexity index is 746. The van der Waals surface area contributed by atoms with Crippen LogP contribution in [0, 0.1) is 0 Å². The molecule has 124 valence electrons. The van der Waals surface area contributed by atoms with E-state index in [4.69, 9.17) is 0 Å². The molecule has 3 rings (SSSR count). The molecular weight excluding hydrogens is 320 g/mol. The highest BCUT2D eigenvalue weighted by Crippen LogP contribution is 2.28. The van der Waals surface area contributed by atoms with Gasteiger partial charge in [-0.3, -0.25) is 9.59 Å². The second-order valence-corrected chi connectivity index (χ2v) is 7.96. The van der Waals surface area contributed by atoms with Gasteiger partial charge < -0.3 is 10.0 Å². The predicted molar refractivity (Wildman–Crippen MR) is 82.2 cm³/mol. The van der Waals surface area contributed by atoms with E-state index in [1.807, 2.05) is 0 Å². The Morgan fingerprint density at radius 3 is 2.65 bits per heavy atom. The molecule has 1 fully saturated rings. The van der Waals surface area contributed by atoms with Gasteiger partial charge in [0.25, 0.3) is 0 Å². The summed E-state index contributed by atoms with van der Waals surface area (Å²) in [7, 11) is -3.34. The summed E-state index contributed by atoms with van der Waals surface area (Å²) in [6.45, 7) is 0.517. The van der Waals surface area contributed by atoms with Crippen molar-refractivity contribution in [1.29, 1.82) is 0 Å². The van der Waals surface area contributed by atoms with Crippen molar-refractivity contribution in [3.8, 4) is 0 Å². The fraction of sp³-hybridized carbons (Fsp3) is 0.467. The number of amides is 1. The fourth-order valence-corrected chi connectivity index (χ4v) is 4.59. The highest BCUT2D eigenvalue weighted by Gasteiger charge is 2.35. The molecule has 8 heteroatoms. The van der Waals surface area contributed by atoms with Crippen LogP contribution in [0.25, 0.3) is 0 Å². The monoisotopic (exact) mass is 338 g/mol. The maximum atomic E-state index is 12.4. The molecule has 0 aromatic heterocycles. The molecular formula is C15H18N2O5S. The summed E-state index contributed by atoms with van der Waals surface area (Å²) < 4.78 is 24.8. The van der Waals surface area contributed by atoms with Crippen molar-refractivity contribution in [3.63, 3.8) is 0 Å². The zero-order valence-electron chi connectivity index (χ0n) is 12.5. The molecule has 2 aliphatic heterocycles.